The average molecular weight is 235 g/mol. The number of rotatable bonds is 8. The molecule has 0 aliphatic rings. The van der Waals surface area contributed by atoms with E-state index < -0.39 is 0 Å². The molecule has 0 fully saturated rings. The minimum atomic E-state index is 0.905. The van der Waals surface area contributed by atoms with Crippen LogP contribution in [0.15, 0.2) is 18.5 Å². The van der Waals surface area contributed by atoms with E-state index in [4.69, 9.17) is 0 Å². The second kappa shape index (κ2) is 8.07. The molecule has 0 aromatic carbocycles. The smallest absolute Gasteiger partial charge is 0.0442 e. The Morgan fingerprint density at radius 2 is 2.12 bits per heavy atom. The lowest BCUT2D eigenvalue weighted by Gasteiger charge is -2.25. The first kappa shape index (κ1) is 14.0. The molecule has 1 N–H and O–H groups in total. The highest BCUT2D eigenvalue weighted by atomic mass is 15.1. The molecule has 0 aliphatic heterocycles. The number of pyridine rings is 1. The van der Waals surface area contributed by atoms with Gasteiger partial charge in [0.05, 0.1) is 0 Å². The standard InChI is InChI=1S/C14H25N3/c1-4-7-10-17(6-3)14-8-9-16-12-13(14)11-15-5-2/h8-9,12,15H,4-7,10-11H2,1-3H3. The van der Waals surface area contributed by atoms with Crippen LogP contribution in [-0.2, 0) is 6.54 Å². The summed E-state index contributed by atoms with van der Waals surface area (Å²) in [4.78, 5) is 6.67. The molecule has 1 heterocycles. The second-order valence-electron chi connectivity index (χ2n) is 4.22. The van der Waals surface area contributed by atoms with Crippen LogP contribution in [0.4, 0.5) is 5.69 Å². The van der Waals surface area contributed by atoms with Crippen LogP contribution in [0.5, 0.6) is 0 Å². The van der Waals surface area contributed by atoms with E-state index >= 15 is 0 Å². The first-order valence-corrected chi connectivity index (χ1v) is 6.72. The normalized spacial score (nSPS) is 10.5. The number of unbranched alkanes of at least 4 members (excludes halogenated alkanes) is 1. The molecule has 0 amide bonds. The molecule has 0 saturated carbocycles. The van der Waals surface area contributed by atoms with Gasteiger partial charge in [-0.3, -0.25) is 4.98 Å². The summed E-state index contributed by atoms with van der Waals surface area (Å²) in [7, 11) is 0. The van der Waals surface area contributed by atoms with Gasteiger partial charge < -0.3 is 10.2 Å². The van der Waals surface area contributed by atoms with Gasteiger partial charge in [-0.15, -0.1) is 0 Å². The Hall–Kier alpha value is -1.09. The van der Waals surface area contributed by atoms with E-state index in [0.29, 0.717) is 0 Å². The Morgan fingerprint density at radius 3 is 2.76 bits per heavy atom. The van der Waals surface area contributed by atoms with Crippen LogP contribution in [0.1, 0.15) is 39.2 Å². The van der Waals surface area contributed by atoms with E-state index in [1.165, 1.54) is 24.1 Å². The fraction of sp³-hybridized carbons (Fsp3) is 0.643. The quantitative estimate of drug-likeness (QED) is 0.751. The zero-order valence-corrected chi connectivity index (χ0v) is 11.4. The summed E-state index contributed by atoms with van der Waals surface area (Å²) in [5.74, 6) is 0. The lowest BCUT2D eigenvalue weighted by molar-refractivity contribution is 0.702. The molecule has 0 bridgehead atoms. The van der Waals surface area contributed by atoms with Crippen LogP contribution < -0.4 is 10.2 Å². The topological polar surface area (TPSA) is 28.2 Å². The first-order chi connectivity index (χ1) is 8.33. The van der Waals surface area contributed by atoms with Gasteiger partial charge >= 0.3 is 0 Å². The molecule has 0 spiro atoms. The molecule has 96 valence electrons. The Morgan fingerprint density at radius 1 is 1.29 bits per heavy atom. The lowest BCUT2D eigenvalue weighted by atomic mass is 10.2. The molecular weight excluding hydrogens is 210 g/mol. The van der Waals surface area contributed by atoms with Gasteiger partial charge in [-0.05, 0) is 26.0 Å². The van der Waals surface area contributed by atoms with Gasteiger partial charge in [0.25, 0.3) is 0 Å². The Bertz CT molecular complexity index is 312. The van der Waals surface area contributed by atoms with E-state index in [-0.39, 0.29) is 0 Å². The third-order valence-corrected chi connectivity index (χ3v) is 2.95. The largest absolute Gasteiger partial charge is 0.371 e. The maximum absolute atomic E-state index is 4.23. The summed E-state index contributed by atoms with van der Waals surface area (Å²) < 4.78 is 0. The highest BCUT2D eigenvalue weighted by Crippen LogP contribution is 2.19. The van der Waals surface area contributed by atoms with Crippen molar-refractivity contribution in [3.63, 3.8) is 0 Å². The average Bonchev–Trinajstić information content (AvgIpc) is 2.38. The molecule has 1 rings (SSSR count). The zero-order chi connectivity index (χ0) is 12.5. The van der Waals surface area contributed by atoms with Gasteiger partial charge in [0, 0.05) is 43.3 Å². The minimum absolute atomic E-state index is 0.905. The Labute approximate surface area is 105 Å². The first-order valence-electron chi connectivity index (χ1n) is 6.72. The molecule has 0 radical (unpaired) electrons. The van der Waals surface area contributed by atoms with Crippen molar-refractivity contribution < 1.29 is 0 Å². The van der Waals surface area contributed by atoms with Crippen molar-refractivity contribution in [2.24, 2.45) is 0 Å². The molecule has 0 aliphatic carbocycles. The molecule has 0 unspecified atom stereocenters. The predicted molar refractivity (Wildman–Crippen MR) is 74.4 cm³/mol. The zero-order valence-electron chi connectivity index (χ0n) is 11.4. The van der Waals surface area contributed by atoms with Crippen LogP contribution >= 0.6 is 0 Å². The van der Waals surface area contributed by atoms with Crippen LogP contribution in [0.25, 0.3) is 0 Å². The molecule has 17 heavy (non-hydrogen) atoms. The van der Waals surface area contributed by atoms with Gasteiger partial charge in [0.1, 0.15) is 0 Å². The Kier molecular flexibility index (Phi) is 6.63. The highest BCUT2D eigenvalue weighted by molar-refractivity contribution is 5.52. The maximum Gasteiger partial charge on any atom is 0.0442 e. The van der Waals surface area contributed by atoms with Crippen molar-refractivity contribution in [2.45, 2.75) is 40.2 Å². The number of anilines is 1. The summed E-state index contributed by atoms with van der Waals surface area (Å²) >= 11 is 0. The molecule has 0 saturated heterocycles. The number of nitrogens with one attached hydrogen (secondary N) is 1. The van der Waals surface area contributed by atoms with E-state index in [1.54, 1.807) is 0 Å². The minimum Gasteiger partial charge on any atom is -0.371 e. The number of aromatic nitrogens is 1. The van der Waals surface area contributed by atoms with Crippen molar-refractivity contribution in [3.05, 3.63) is 24.0 Å². The maximum atomic E-state index is 4.23. The van der Waals surface area contributed by atoms with Gasteiger partial charge in [-0.2, -0.15) is 0 Å². The molecule has 0 atom stereocenters. The Balaban J connectivity index is 2.77. The van der Waals surface area contributed by atoms with Gasteiger partial charge in [0.2, 0.25) is 0 Å². The summed E-state index contributed by atoms with van der Waals surface area (Å²) in [6.45, 7) is 10.7. The fourth-order valence-corrected chi connectivity index (χ4v) is 1.92. The van der Waals surface area contributed by atoms with Crippen molar-refractivity contribution >= 4 is 5.69 Å². The predicted octanol–water partition coefficient (Wildman–Crippen LogP) is 2.82. The van der Waals surface area contributed by atoms with Crippen LogP contribution in [0, 0.1) is 0 Å². The number of hydrogen-bond donors (Lipinski definition) is 1. The highest BCUT2D eigenvalue weighted by Gasteiger charge is 2.08. The molecule has 3 heteroatoms. The van der Waals surface area contributed by atoms with Crippen LogP contribution in [0.2, 0.25) is 0 Å². The van der Waals surface area contributed by atoms with Gasteiger partial charge in [0.15, 0.2) is 0 Å². The fourth-order valence-electron chi connectivity index (χ4n) is 1.92. The number of hydrogen-bond acceptors (Lipinski definition) is 3. The van der Waals surface area contributed by atoms with E-state index in [0.717, 1.165) is 26.2 Å². The van der Waals surface area contributed by atoms with Gasteiger partial charge in [-0.1, -0.05) is 20.3 Å². The summed E-state index contributed by atoms with van der Waals surface area (Å²) in [6.07, 6.45) is 6.35. The monoisotopic (exact) mass is 235 g/mol. The van der Waals surface area contributed by atoms with Crippen LogP contribution in [0.3, 0.4) is 0 Å². The van der Waals surface area contributed by atoms with Crippen molar-refractivity contribution in [2.75, 3.05) is 24.5 Å². The lowest BCUT2D eigenvalue weighted by Crippen LogP contribution is -2.26. The third kappa shape index (κ3) is 4.35. The van der Waals surface area contributed by atoms with E-state index in [1.807, 2.05) is 12.4 Å². The van der Waals surface area contributed by atoms with Gasteiger partial charge in [-0.25, -0.2) is 0 Å². The summed E-state index contributed by atoms with van der Waals surface area (Å²) in [5, 5.41) is 3.37. The van der Waals surface area contributed by atoms with Crippen molar-refractivity contribution in [1.29, 1.82) is 0 Å². The summed E-state index contributed by atoms with van der Waals surface area (Å²) in [5.41, 5.74) is 2.63. The molecule has 1 aromatic heterocycles. The molecule has 1 aromatic rings. The van der Waals surface area contributed by atoms with Crippen LogP contribution in [-0.4, -0.2) is 24.6 Å². The van der Waals surface area contributed by atoms with Crippen molar-refractivity contribution in [1.82, 2.24) is 10.3 Å². The molecular formula is C14H25N3. The second-order valence-corrected chi connectivity index (χ2v) is 4.22. The third-order valence-electron chi connectivity index (χ3n) is 2.95. The summed E-state index contributed by atoms with van der Waals surface area (Å²) in [6, 6.07) is 2.13. The van der Waals surface area contributed by atoms with E-state index in [9.17, 15) is 0 Å². The van der Waals surface area contributed by atoms with E-state index in [2.05, 4.69) is 42.0 Å². The molecule has 3 nitrogen and oxygen atoms in total. The van der Waals surface area contributed by atoms with Crippen molar-refractivity contribution in [3.8, 4) is 0 Å². The number of nitrogens with zero attached hydrogens (tertiary/aromatic N) is 2. The SMILES string of the molecule is CCCCN(CC)c1ccncc1CNCC.